The SMILES string of the molecule is Cc1cnc(C2COCCN2C(=O)CCc2c(C)n[nH]c2C)[nH]1. The molecular formula is C16H23N5O2. The zero-order chi connectivity index (χ0) is 16.4. The van der Waals surface area contributed by atoms with E-state index in [4.69, 9.17) is 4.74 Å². The molecule has 1 amide bonds. The molecule has 0 spiro atoms. The van der Waals surface area contributed by atoms with Gasteiger partial charge in [0.05, 0.1) is 18.9 Å². The van der Waals surface area contributed by atoms with Gasteiger partial charge in [0, 0.05) is 30.6 Å². The first kappa shape index (κ1) is 15.7. The Morgan fingerprint density at radius 1 is 1.43 bits per heavy atom. The molecule has 1 aliphatic heterocycles. The van der Waals surface area contributed by atoms with Gasteiger partial charge in [-0.25, -0.2) is 4.98 Å². The van der Waals surface area contributed by atoms with E-state index in [-0.39, 0.29) is 11.9 Å². The molecule has 1 saturated heterocycles. The molecule has 7 heteroatoms. The average molecular weight is 317 g/mol. The standard InChI is InChI=1S/C16H23N5O2/c1-10-8-17-16(18-10)14-9-23-7-6-21(14)15(22)5-4-13-11(2)19-20-12(13)3/h8,14H,4-7,9H2,1-3H3,(H,17,18)(H,19,20). The van der Waals surface area contributed by atoms with Crippen LogP contribution in [0.5, 0.6) is 0 Å². The molecular weight excluding hydrogens is 294 g/mol. The van der Waals surface area contributed by atoms with Gasteiger partial charge in [0.25, 0.3) is 0 Å². The third kappa shape index (κ3) is 3.29. The van der Waals surface area contributed by atoms with E-state index >= 15 is 0 Å². The predicted molar refractivity (Wildman–Crippen MR) is 85.0 cm³/mol. The Hall–Kier alpha value is -2.15. The van der Waals surface area contributed by atoms with E-state index in [2.05, 4.69) is 20.2 Å². The summed E-state index contributed by atoms with van der Waals surface area (Å²) in [5.41, 5.74) is 4.13. The number of aryl methyl sites for hydroxylation is 3. The van der Waals surface area contributed by atoms with E-state index in [0.29, 0.717) is 32.6 Å². The van der Waals surface area contributed by atoms with Gasteiger partial charge in [-0.05, 0) is 32.8 Å². The number of carbonyl (C=O) groups is 1. The first-order valence-corrected chi connectivity index (χ1v) is 7.95. The van der Waals surface area contributed by atoms with E-state index < -0.39 is 0 Å². The van der Waals surface area contributed by atoms with Gasteiger partial charge in [0.15, 0.2) is 0 Å². The van der Waals surface area contributed by atoms with Gasteiger partial charge in [0.1, 0.15) is 11.9 Å². The summed E-state index contributed by atoms with van der Waals surface area (Å²) >= 11 is 0. The van der Waals surface area contributed by atoms with Crippen molar-refractivity contribution in [3.8, 4) is 0 Å². The molecule has 0 saturated carbocycles. The van der Waals surface area contributed by atoms with Crippen molar-refractivity contribution in [3.05, 3.63) is 34.7 Å². The smallest absolute Gasteiger partial charge is 0.223 e. The zero-order valence-corrected chi connectivity index (χ0v) is 13.8. The van der Waals surface area contributed by atoms with E-state index in [0.717, 1.165) is 28.5 Å². The number of carbonyl (C=O) groups excluding carboxylic acids is 1. The Labute approximate surface area is 135 Å². The van der Waals surface area contributed by atoms with Crippen LogP contribution in [-0.4, -0.2) is 50.7 Å². The summed E-state index contributed by atoms with van der Waals surface area (Å²) in [7, 11) is 0. The van der Waals surface area contributed by atoms with Gasteiger partial charge in [-0.3, -0.25) is 9.89 Å². The number of rotatable bonds is 4. The molecule has 2 aromatic heterocycles. The lowest BCUT2D eigenvalue weighted by molar-refractivity contribution is -0.140. The van der Waals surface area contributed by atoms with Gasteiger partial charge in [-0.15, -0.1) is 0 Å². The minimum absolute atomic E-state index is 0.128. The minimum atomic E-state index is -0.128. The topological polar surface area (TPSA) is 86.9 Å². The van der Waals surface area contributed by atoms with Crippen molar-refractivity contribution in [2.75, 3.05) is 19.8 Å². The van der Waals surface area contributed by atoms with E-state index in [1.807, 2.05) is 25.7 Å². The van der Waals surface area contributed by atoms with Crippen molar-refractivity contribution in [2.24, 2.45) is 0 Å². The lowest BCUT2D eigenvalue weighted by Crippen LogP contribution is -2.44. The van der Waals surface area contributed by atoms with Crippen molar-refractivity contribution < 1.29 is 9.53 Å². The van der Waals surface area contributed by atoms with Gasteiger partial charge in [-0.1, -0.05) is 0 Å². The molecule has 1 unspecified atom stereocenters. The van der Waals surface area contributed by atoms with Gasteiger partial charge >= 0.3 is 0 Å². The predicted octanol–water partition coefficient (Wildman–Crippen LogP) is 1.59. The normalized spacial score (nSPS) is 18.4. The van der Waals surface area contributed by atoms with Crippen LogP contribution in [0.25, 0.3) is 0 Å². The van der Waals surface area contributed by atoms with Gasteiger partial charge < -0.3 is 14.6 Å². The Bertz CT molecular complexity index is 671. The second kappa shape index (κ2) is 6.54. The van der Waals surface area contributed by atoms with Crippen molar-refractivity contribution in [1.82, 2.24) is 25.1 Å². The number of amides is 1. The molecule has 0 aliphatic carbocycles. The molecule has 23 heavy (non-hydrogen) atoms. The molecule has 1 fully saturated rings. The van der Waals surface area contributed by atoms with E-state index in [1.54, 1.807) is 6.20 Å². The van der Waals surface area contributed by atoms with Crippen LogP contribution in [0.4, 0.5) is 0 Å². The monoisotopic (exact) mass is 317 g/mol. The number of imidazole rings is 1. The van der Waals surface area contributed by atoms with Gasteiger partial charge in [-0.2, -0.15) is 5.10 Å². The third-order valence-electron chi connectivity index (χ3n) is 4.36. The number of aromatic amines is 2. The largest absolute Gasteiger partial charge is 0.377 e. The molecule has 3 rings (SSSR count). The highest BCUT2D eigenvalue weighted by atomic mass is 16.5. The number of hydrogen-bond acceptors (Lipinski definition) is 4. The zero-order valence-electron chi connectivity index (χ0n) is 13.8. The van der Waals surface area contributed by atoms with Crippen molar-refractivity contribution in [3.63, 3.8) is 0 Å². The first-order chi connectivity index (χ1) is 11.1. The van der Waals surface area contributed by atoms with Crippen LogP contribution >= 0.6 is 0 Å². The number of morpholine rings is 1. The summed E-state index contributed by atoms with van der Waals surface area (Å²) in [6.45, 7) is 7.58. The van der Waals surface area contributed by atoms with Gasteiger partial charge in [0.2, 0.25) is 5.91 Å². The highest BCUT2D eigenvalue weighted by Gasteiger charge is 2.30. The molecule has 2 N–H and O–H groups in total. The van der Waals surface area contributed by atoms with E-state index in [1.165, 1.54) is 0 Å². The maximum Gasteiger partial charge on any atom is 0.223 e. The highest BCUT2D eigenvalue weighted by molar-refractivity contribution is 5.77. The Kier molecular flexibility index (Phi) is 4.47. The first-order valence-electron chi connectivity index (χ1n) is 7.95. The fourth-order valence-corrected chi connectivity index (χ4v) is 3.05. The molecule has 1 atom stereocenters. The maximum absolute atomic E-state index is 12.7. The summed E-state index contributed by atoms with van der Waals surface area (Å²) < 4.78 is 5.55. The molecule has 2 aromatic rings. The van der Waals surface area contributed by atoms with Crippen LogP contribution in [0.1, 0.15) is 40.9 Å². The summed E-state index contributed by atoms with van der Waals surface area (Å²) in [6, 6.07) is -0.128. The van der Waals surface area contributed by atoms with Crippen molar-refractivity contribution >= 4 is 5.91 Å². The number of nitrogens with zero attached hydrogens (tertiary/aromatic N) is 3. The minimum Gasteiger partial charge on any atom is -0.377 e. The van der Waals surface area contributed by atoms with Crippen LogP contribution in [0.3, 0.4) is 0 Å². The molecule has 7 nitrogen and oxygen atoms in total. The lowest BCUT2D eigenvalue weighted by atomic mass is 10.1. The van der Waals surface area contributed by atoms with E-state index in [9.17, 15) is 4.79 Å². The molecule has 0 radical (unpaired) electrons. The summed E-state index contributed by atoms with van der Waals surface area (Å²) in [5, 5.41) is 7.15. The number of H-pyrrole nitrogens is 2. The number of ether oxygens (including phenoxy) is 1. The summed E-state index contributed by atoms with van der Waals surface area (Å²) in [5.74, 6) is 0.929. The molecule has 0 bridgehead atoms. The Morgan fingerprint density at radius 3 is 2.91 bits per heavy atom. The average Bonchev–Trinajstić information content (AvgIpc) is 3.11. The van der Waals surface area contributed by atoms with Crippen LogP contribution in [-0.2, 0) is 16.0 Å². The quantitative estimate of drug-likeness (QED) is 0.896. The lowest BCUT2D eigenvalue weighted by Gasteiger charge is -2.34. The number of hydrogen-bond donors (Lipinski definition) is 2. The van der Waals surface area contributed by atoms with Crippen molar-refractivity contribution in [2.45, 2.75) is 39.7 Å². The third-order valence-corrected chi connectivity index (χ3v) is 4.36. The molecule has 0 aromatic carbocycles. The second-order valence-electron chi connectivity index (χ2n) is 6.04. The molecule has 3 heterocycles. The van der Waals surface area contributed by atoms with Crippen molar-refractivity contribution in [1.29, 1.82) is 0 Å². The number of aromatic nitrogens is 4. The molecule has 124 valence electrons. The number of nitrogens with one attached hydrogen (secondary N) is 2. The summed E-state index contributed by atoms with van der Waals surface area (Å²) in [6.07, 6.45) is 2.95. The fraction of sp³-hybridized carbons (Fsp3) is 0.562. The molecule has 1 aliphatic rings. The maximum atomic E-state index is 12.7. The second-order valence-corrected chi connectivity index (χ2v) is 6.04. The van der Waals surface area contributed by atoms with Crippen LogP contribution in [0, 0.1) is 20.8 Å². The Balaban J connectivity index is 1.69. The Morgan fingerprint density at radius 2 is 2.26 bits per heavy atom. The fourth-order valence-electron chi connectivity index (χ4n) is 3.05. The highest BCUT2D eigenvalue weighted by Crippen LogP contribution is 2.23. The van der Waals surface area contributed by atoms with Crippen LogP contribution in [0.2, 0.25) is 0 Å². The van der Waals surface area contributed by atoms with Crippen LogP contribution < -0.4 is 0 Å². The van der Waals surface area contributed by atoms with Crippen LogP contribution in [0.15, 0.2) is 6.20 Å². The summed E-state index contributed by atoms with van der Waals surface area (Å²) in [4.78, 5) is 22.2.